The lowest BCUT2D eigenvalue weighted by atomic mass is 9.71. The van der Waals surface area contributed by atoms with Crippen LogP contribution in [0.1, 0.15) is 55.3 Å². The summed E-state index contributed by atoms with van der Waals surface area (Å²) in [7, 11) is -2.99. The molecule has 1 heterocycles. The molecule has 3 unspecified atom stereocenters. The van der Waals surface area contributed by atoms with E-state index < -0.39 is 68.0 Å². The van der Waals surface area contributed by atoms with Gasteiger partial charge in [0.15, 0.2) is 38.9 Å². The van der Waals surface area contributed by atoms with Gasteiger partial charge in [0.25, 0.3) is 5.91 Å². The number of hydrogen-bond acceptors (Lipinski definition) is 8. The molecule has 2 bridgehead atoms. The van der Waals surface area contributed by atoms with Gasteiger partial charge in [-0.1, -0.05) is 11.6 Å². The van der Waals surface area contributed by atoms with Gasteiger partial charge < -0.3 is 15.2 Å². The van der Waals surface area contributed by atoms with Crippen molar-refractivity contribution >= 4 is 50.7 Å². The number of ketones is 2. The Hall–Kier alpha value is -3.49. The molecule has 0 spiro atoms. The van der Waals surface area contributed by atoms with Crippen molar-refractivity contribution in [3.8, 4) is 0 Å². The second-order valence-corrected chi connectivity index (χ2v) is 14.4. The Morgan fingerprint density at radius 3 is 2.31 bits per heavy atom. The Morgan fingerprint density at radius 1 is 1.09 bits per heavy atom. The van der Waals surface area contributed by atoms with Crippen LogP contribution in [0.4, 0.5) is 23.7 Å². The fraction of sp³-hybridized carbons (Fsp3) is 0.467. The van der Waals surface area contributed by atoms with E-state index in [4.69, 9.17) is 11.6 Å². The van der Waals surface area contributed by atoms with E-state index in [1.807, 2.05) is 0 Å². The van der Waals surface area contributed by atoms with Crippen molar-refractivity contribution in [3.05, 3.63) is 58.4 Å². The molecule has 3 aliphatic rings. The highest BCUT2D eigenvalue weighted by molar-refractivity contribution is 7.92. The van der Waals surface area contributed by atoms with Crippen LogP contribution in [0.15, 0.2) is 35.2 Å². The van der Waals surface area contributed by atoms with Gasteiger partial charge in [-0.25, -0.2) is 26.4 Å². The van der Waals surface area contributed by atoms with Crippen molar-refractivity contribution in [3.63, 3.8) is 0 Å². The molecular formula is C30H30ClF3N2O8S. The van der Waals surface area contributed by atoms with E-state index >= 15 is 0 Å². The van der Waals surface area contributed by atoms with E-state index in [1.54, 1.807) is 0 Å². The number of benzene rings is 2. The number of Topliss-reactive ketones (excluding diaryl/α,β-unsaturated/α-hetero) is 2. The Labute approximate surface area is 261 Å². The monoisotopic (exact) mass is 670 g/mol. The van der Waals surface area contributed by atoms with Gasteiger partial charge in [-0.15, -0.1) is 0 Å². The molecule has 5 atom stereocenters. The molecule has 2 aliphatic carbocycles. The number of ether oxygens (including phenoxy) is 1. The van der Waals surface area contributed by atoms with E-state index in [9.17, 15) is 45.9 Å². The van der Waals surface area contributed by atoms with Crippen molar-refractivity contribution < 1.29 is 50.6 Å². The van der Waals surface area contributed by atoms with E-state index in [0.717, 1.165) is 18.1 Å². The molecule has 0 aromatic heterocycles. The maximum atomic E-state index is 13.8. The molecule has 2 amide bonds. The van der Waals surface area contributed by atoms with Crippen LogP contribution < -0.4 is 5.32 Å². The van der Waals surface area contributed by atoms with E-state index in [2.05, 4.69) is 10.1 Å². The normalized spacial score (nSPS) is 26.2. The van der Waals surface area contributed by atoms with Crippen molar-refractivity contribution in [2.75, 3.05) is 19.0 Å². The lowest BCUT2D eigenvalue weighted by molar-refractivity contribution is -0.127. The molecule has 2 saturated carbocycles. The molecule has 1 saturated heterocycles. The first-order valence-corrected chi connectivity index (χ1v) is 16.2. The topological polar surface area (TPSA) is 147 Å². The van der Waals surface area contributed by atoms with Gasteiger partial charge in [-0.05, 0) is 62.1 Å². The molecule has 10 nitrogen and oxygen atoms in total. The minimum Gasteiger partial charge on any atom is -0.453 e. The summed E-state index contributed by atoms with van der Waals surface area (Å²) >= 11 is 6.27. The highest BCUT2D eigenvalue weighted by atomic mass is 35.5. The van der Waals surface area contributed by atoms with Crippen LogP contribution in [-0.2, 0) is 24.2 Å². The number of halogens is 4. The Bertz CT molecular complexity index is 1650. The average Bonchev–Trinajstić information content (AvgIpc) is 3.42. The number of fused-ring (bicyclic) bond motifs is 2. The number of aliphatic hydroxyl groups is 1. The standard InChI is InChI=1S/C30H30ClF3N2O8S/c1-44-29(40)36-14-19(37)13-24(36)25(38)6-7-30(41)16-3-4-17(30)10-20(9-16)45(42,43)26-8-15(2-5-21(26)31)28(39)35-18-11-22(32)27(34)23(33)12-18/h2,5,8,11-12,16-17,20,24,41H,3-4,6-7,9-10,13-14H2,1H3,(H,35,39)/t16-,17?,20?,24-,30?/m0/s1. The number of anilines is 1. The Kier molecular flexibility index (Phi) is 9.04. The van der Waals surface area contributed by atoms with Crippen molar-refractivity contribution in [1.29, 1.82) is 0 Å². The largest absolute Gasteiger partial charge is 0.453 e. The molecule has 15 heteroatoms. The van der Waals surface area contributed by atoms with Crippen molar-refractivity contribution in [2.45, 2.75) is 66.7 Å². The third-order valence-electron chi connectivity index (χ3n) is 9.25. The molecule has 5 rings (SSSR count). The van der Waals surface area contributed by atoms with E-state index in [-0.39, 0.29) is 71.4 Å². The van der Waals surface area contributed by atoms with Crippen LogP contribution in [0, 0.1) is 29.3 Å². The molecular weight excluding hydrogens is 641 g/mol. The highest BCUT2D eigenvalue weighted by Gasteiger charge is 2.55. The minimum absolute atomic E-state index is 0.0363. The van der Waals surface area contributed by atoms with E-state index in [0.29, 0.717) is 25.0 Å². The summed E-state index contributed by atoms with van der Waals surface area (Å²) in [6, 6.07) is 3.68. The maximum absolute atomic E-state index is 13.8. The molecule has 3 fully saturated rings. The lowest BCUT2D eigenvalue weighted by Gasteiger charge is -2.42. The van der Waals surface area contributed by atoms with Crippen molar-refractivity contribution in [1.82, 2.24) is 4.90 Å². The predicted molar refractivity (Wildman–Crippen MR) is 154 cm³/mol. The zero-order chi connectivity index (χ0) is 32.8. The van der Waals surface area contributed by atoms with Gasteiger partial charge in [0.2, 0.25) is 0 Å². The van der Waals surface area contributed by atoms with Gasteiger partial charge in [0.05, 0.1) is 34.4 Å². The number of nitrogens with one attached hydrogen (secondary N) is 1. The summed E-state index contributed by atoms with van der Waals surface area (Å²) in [5, 5.41) is 12.8. The number of rotatable bonds is 8. The first-order chi connectivity index (χ1) is 21.1. The fourth-order valence-corrected chi connectivity index (χ4v) is 9.32. The molecule has 2 N–H and O–H groups in total. The molecule has 242 valence electrons. The summed E-state index contributed by atoms with van der Waals surface area (Å²) in [6.07, 6.45) is 0.196. The number of amides is 2. The third kappa shape index (κ3) is 6.19. The summed E-state index contributed by atoms with van der Waals surface area (Å²) in [4.78, 5) is 50.5. The van der Waals surface area contributed by atoms with Crippen LogP contribution in [-0.4, -0.2) is 72.5 Å². The smallest absolute Gasteiger partial charge is 0.410 e. The first kappa shape index (κ1) is 32.9. The zero-order valence-corrected chi connectivity index (χ0v) is 25.6. The summed E-state index contributed by atoms with van der Waals surface area (Å²) < 4.78 is 72.8. The summed E-state index contributed by atoms with van der Waals surface area (Å²) in [5.74, 6) is -7.23. The number of sulfone groups is 1. The summed E-state index contributed by atoms with van der Waals surface area (Å²) in [6.45, 7) is -0.229. The number of carbonyl (C=O) groups excluding carboxylic acids is 4. The van der Waals surface area contributed by atoms with Crippen LogP contribution in [0.25, 0.3) is 0 Å². The number of methoxy groups -OCH3 is 1. The molecule has 45 heavy (non-hydrogen) atoms. The fourth-order valence-electron chi connectivity index (χ4n) is 6.92. The molecule has 2 aromatic rings. The van der Waals surface area contributed by atoms with Gasteiger partial charge in [0.1, 0.15) is 6.04 Å². The van der Waals surface area contributed by atoms with Crippen LogP contribution in [0.3, 0.4) is 0 Å². The summed E-state index contributed by atoms with van der Waals surface area (Å²) in [5.41, 5.74) is -1.88. The van der Waals surface area contributed by atoms with Crippen LogP contribution in [0.5, 0.6) is 0 Å². The quantitative estimate of drug-likeness (QED) is 0.392. The Morgan fingerprint density at radius 2 is 1.71 bits per heavy atom. The predicted octanol–water partition coefficient (Wildman–Crippen LogP) is 4.46. The second-order valence-electron chi connectivity index (χ2n) is 11.8. The lowest BCUT2D eigenvalue weighted by Crippen LogP contribution is -2.49. The second kappa shape index (κ2) is 12.4. The highest BCUT2D eigenvalue weighted by Crippen LogP contribution is 2.54. The maximum Gasteiger partial charge on any atom is 0.410 e. The van der Waals surface area contributed by atoms with Crippen LogP contribution >= 0.6 is 11.6 Å². The average molecular weight is 671 g/mol. The van der Waals surface area contributed by atoms with Gasteiger partial charge in [-0.2, -0.15) is 0 Å². The number of carbonyl (C=O) groups is 4. The van der Waals surface area contributed by atoms with Crippen molar-refractivity contribution in [2.24, 2.45) is 11.8 Å². The number of nitrogens with zero attached hydrogens (tertiary/aromatic N) is 1. The Balaban J connectivity index is 1.29. The minimum atomic E-state index is -4.14. The van der Waals surface area contributed by atoms with E-state index in [1.165, 1.54) is 12.1 Å². The SMILES string of the molecule is COC(=O)N1CC(=O)C[C@H]1C(=O)CCC1(O)C2CC[C@H]1CC(S(=O)(=O)c1cc(C(=O)Nc3cc(F)c(F)c(F)c3)ccc1Cl)C2. The van der Waals surface area contributed by atoms with Gasteiger partial charge >= 0.3 is 6.09 Å². The van der Waals surface area contributed by atoms with Gasteiger partial charge in [0, 0.05) is 36.2 Å². The zero-order valence-electron chi connectivity index (χ0n) is 24.0. The third-order valence-corrected chi connectivity index (χ3v) is 11.9. The molecule has 2 aromatic carbocycles. The first-order valence-electron chi connectivity index (χ1n) is 14.3. The molecule has 1 aliphatic heterocycles. The van der Waals surface area contributed by atoms with Gasteiger partial charge in [-0.3, -0.25) is 19.3 Å². The molecule has 0 radical (unpaired) electrons. The number of hydrogen-bond donors (Lipinski definition) is 2. The number of likely N-dealkylation sites (tertiary alicyclic amines) is 1. The van der Waals surface area contributed by atoms with Crippen LogP contribution in [0.2, 0.25) is 5.02 Å².